The zero-order valence-electron chi connectivity index (χ0n) is 15.6. The Labute approximate surface area is 175 Å². The van der Waals surface area contributed by atoms with Crippen LogP contribution in [0.2, 0.25) is 0 Å². The number of hydrogen-bond donors (Lipinski definition) is 2. The number of rotatable bonds is 6. The molecule has 0 radical (unpaired) electrons. The van der Waals surface area contributed by atoms with Gasteiger partial charge in [0.1, 0.15) is 18.2 Å². The summed E-state index contributed by atoms with van der Waals surface area (Å²) in [6.45, 7) is 1.86. The molecule has 27 heavy (non-hydrogen) atoms. The first-order valence-corrected chi connectivity index (χ1v) is 8.81. The minimum Gasteiger partial charge on any atom is -0.377 e. The van der Waals surface area contributed by atoms with Crippen molar-refractivity contribution < 1.29 is 9.13 Å². The maximum Gasteiger partial charge on any atom is 0.191 e. The summed E-state index contributed by atoms with van der Waals surface area (Å²) in [7, 11) is 3.39. The van der Waals surface area contributed by atoms with Crippen molar-refractivity contribution in [1.82, 2.24) is 25.4 Å². The summed E-state index contributed by atoms with van der Waals surface area (Å²) in [6, 6.07) is 6.90. The minimum atomic E-state index is -0.205. The van der Waals surface area contributed by atoms with E-state index in [2.05, 4.69) is 25.7 Å². The van der Waals surface area contributed by atoms with Gasteiger partial charge >= 0.3 is 0 Å². The van der Waals surface area contributed by atoms with Crippen LogP contribution < -0.4 is 10.6 Å². The van der Waals surface area contributed by atoms with E-state index in [4.69, 9.17) is 4.74 Å². The summed E-state index contributed by atoms with van der Waals surface area (Å²) in [4.78, 5) is 8.76. The molecule has 2 aromatic rings. The fourth-order valence-corrected chi connectivity index (χ4v) is 3.07. The largest absolute Gasteiger partial charge is 0.377 e. The number of aliphatic imine (C=N–C) groups is 1. The van der Waals surface area contributed by atoms with E-state index >= 15 is 0 Å². The topological polar surface area (TPSA) is 76.4 Å². The molecule has 7 nitrogen and oxygen atoms in total. The fourth-order valence-electron chi connectivity index (χ4n) is 3.07. The highest BCUT2D eigenvalue weighted by atomic mass is 127. The summed E-state index contributed by atoms with van der Waals surface area (Å²) in [5.74, 6) is 2.26. The van der Waals surface area contributed by atoms with Crippen molar-refractivity contribution in [3.8, 4) is 0 Å². The van der Waals surface area contributed by atoms with Crippen molar-refractivity contribution in [3.63, 3.8) is 0 Å². The number of nitrogens with one attached hydrogen (secondary N) is 2. The molecule has 0 saturated carbocycles. The van der Waals surface area contributed by atoms with E-state index in [0.29, 0.717) is 13.2 Å². The number of fused-ring (bicyclic) bond motifs is 1. The highest BCUT2D eigenvalue weighted by molar-refractivity contribution is 14.0. The second-order valence-electron chi connectivity index (χ2n) is 6.32. The quantitative estimate of drug-likeness (QED) is 0.369. The molecule has 9 heteroatoms. The molecule has 0 spiro atoms. The van der Waals surface area contributed by atoms with Crippen LogP contribution in [0.25, 0.3) is 0 Å². The van der Waals surface area contributed by atoms with E-state index in [9.17, 15) is 4.39 Å². The van der Waals surface area contributed by atoms with Crippen LogP contribution in [0.15, 0.2) is 29.3 Å². The lowest BCUT2D eigenvalue weighted by Crippen LogP contribution is -2.47. The Morgan fingerprint density at radius 1 is 1.44 bits per heavy atom. The van der Waals surface area contributed by atoms with E-state index in [1.54, 1.807) is 26.3 Å². The van der Waals surface area contributed by atoms with Gasteiger partial charge in [0.05, 0.1) is 6.54 Å². The SMILES string of the molecule is CN=C(NCCc1cccc(F)c1)NC1CCc2nc(COC)nn2C1.I. The number of halogens is 2. The lowest BCUT2D eigenvalue weighted by Gasteiger charge is -2.25. The maximum absolute atomic E-state index is 13.2. The van der Waals surface area contributed by atoms with Gasteiger partial charge in [0, 0.05) is 33.2 Å². The van der Waals surface area contributed by atoms with Crippen molar-refractivity contribution >= 4 is 29.9 Å². The molecule has 1 atom stereocenters. The molecule has 0 saturated heterocycles. The van der Waals surface area contributed by atoms with Crippen LogP contribution in [0.4, 0.5) is 4.39 Å². The molecular weight excluding hydrogens is 462 g/mol. The number of aryl methyl sites for hydroxylation is 1. The van der Waals surface area contributed by atoms with Gasteiger partial charge < -0.3 is 15.4 Å². The normalized spacial score (nSPS) is 16.4. The lowest BCUT2D eigenvalue weighted by molar-refractivity contribution is 0.177. The molecule has 1 unspecified atom stereocenters. The van der Waals surface area contributed by atoms with Crippen molar-refractivity contribution in [2.45, 2.75) is 38.5 Å². The summed E-state index contributed by atoms with van der Waals surface area (Å²) in [6.07, 6.45) is 2.57. The van der Waals surface area contributed by atoms with Crippen LogP contribution in [-0.2, 0) is 30.7 Å². The highest BCUT2D eigenvalue weighted by Crippen LogP contribution is 2.13. The Morgan fingerprint density at radius 2 is 2.30 bits per heavy atom. The van der Waals surface area contributed by atoms with Crippen LogP contribution in [0.3, 0.4) is 0 Å². The number of nitrogens with zero attached hydrogens (tertiary/aromatic N) is 4. The van der Waals surface area contributed by atoms with Gasteiger partial charge in [-0.2, -0.15) is 5.10 Å². The fraction of sp³-hybridized carbons (Fsp3) is 0.500. The third-order valence-corrected chi connectivity index (χ3v) is 4.33. The molecule has 0 amide bonds. The highest BCUT2D eigenvalue weighted by Gasteiger charge is 2.22. The maximum atomic E-state index is 13.2. The number of aromatic nitrogens is 3. The first-order chi connectivity index (χ1) is 12.7. The van der Waals surface area contributed by atoms with E-state index in [1.807, 2.05) is 10.7 Å². The van der Waals surface area contributed by atoms with Crippen LogP contribution >= 0.6 is 24.0 Å². The Bertz CT molecular complexity index is 766. The number of methoxy groups -OCH3 is 1. The molecular formula is C18H26FIN6O. The molecule has 0 fully saturated rings. The zero-order chi connectivity index (χ0) is 18.4. The minimum absolute atomic E-state index is 0. The van der Waals surface area contributed by atoms with E-state index in [-0.39, 0.29) is 35.8 Å². The molecule has 1 aliphatic rings. The van der Waals surface area contributed by atoms with Crippen LogP contribution in [0, 0.1) is 5.82 Å². The van der Waals surface area contributed by atoms with Crippen LogP contribution in [0.1, 0.15) is 23.6 Å². The second-order valence-corrected chi connectivity index (χ2v) is 6.32. The molecule has 1 aliphatic heterocycles. The molecule has 2 N–H and O–H groups in total. The van der Waals surface area contributed by atoms with Crippen molar-refractivity contribution in [3.05, 3.63) is 47.3 Å². The van der Waals surface area contributed by atoms with Gasteiger partial charge in [-0.3, -0.25) is 4.99 Å². The molecule has 3 rings (SSSR count). The third-order valence-electron chi connectivity index (χ3n) is 4.33. The van der Waals surface area contributed by atoms with Crippen LogP contribution in [0.5, 0.6) is 0 Å². The standard InChI is InChI=1S/C18H25FN6O.HI/c1-20-18(21-9-8-13-4-3-5-14(19)10-13)22-15-6-7-17-23-16(12-26-2)24-25(17)11-15;/h3-5,10,15H,6-9,11-12H2,1-2H3,(H2,20,21,22);1H. The predicted octanol–water partition coefficient (Wildman–Crippen LogP) is 1.90. The summed E-state index contributed by atoms with van der Waals surface area (Å²) < 4.78 is 20.3. The predicted molar refractivity (Wildman–Crippen MR) is 113 cm³/mol. The van der Waals surface area contributed by atoms with Crippen molar-refractivity contribution in [2.75, 3.05) is 20.7 Å². The van der Waals surface area contributed by atoms with E-state index in [0.717, 1.165) is 49.0 Å². The molecule has 0 bridgehead atoms. The van der Waals surface area contributed by atoms with Gasteiger partial charge in [-0.15, -0.1) is 24.0 Å². The summed E-state index contributed by atoms with van der Waals surface area (Å²) >= 11 is 0. The summed E-state index contributed by atoms with van der Waals surface area (Å²) in [5, 5.41) is 11.2. The number of guanidine groups is 1. The molecule has 2 heterocycles. The van der Waals surface area contributed by atoms with Gasteiger partial charge in [0.2, 0.25) is 0 Å². The smallest absolute Gasteiger partial charge is 0.191 e. The number of ether oxygens (including phenoxy) is 1. The molecule has 148 valence electrons. The van der Waals surface area contributed by atoms with Crippen LogP contribution in [-0.4, -0.2) is 47.5 Å². The van der Waals surface area contributed by atoms with Gasteiger partial charge in [0.25, 0.3) is 0 Å². The Morgan fingerprint density at radius 3 is 3.04 bits per heavy atom. The zero-order valence-corrected chi connectivity index (χ0v) is 17.9. The number of hydrogen-bond acceptors (Lipinski definition) is 4. The van der Waals surface area contributed by atoms with Crippen molar-refractivity contribution in [1.29, 1.82) is 0 Å². The Balaban J connectivity index is 0.00000261. The molecule has 1 aromatic heterocycles. The first-order valence-electron chi connectivity index (χ1n) is 8.81. The van der Waals surface area contributed by atoms with Gasteiger partial charge in [-0.1, -0.05) is 12.1 Å². The van der Waals surface area contributed by atoms with E-state index < -0.39 is 0 Å². The summed E-state index contributed by atoms with van der Waals surface area (Å²) in [5.41, 5.74) is 0.962. The first kappa shape index (κ1) is 21.5. The van der Waals surface area contributed by atoms with E-state index in [1.165, 1.54) is 6.07 Å². The Kier molecular flexibility index (Phi) is 8.42. The van der Waals surface area contributed by atoms with Gasteiger partial charge in [-0.05, 0) is 30.5 Å². The molecule has 0 aliphatic carbocycles. The molecule has 1 aromatic carbocycles. The third kappa shape index (κ3) is 6.13. The average molecular weight is 488 g/mol. The number of benzene rings is 1. The average Bonchev–Trinajstić information content (AvgIpc) is 3.03. The van der Waals surface area contributed by atoms with Gasteiger partial charge in [0.15, 0.2) is 11.8 Å². The second kappa shape index (κ2) is 10.5. The monoisotopic (exact) mass is 488 g/mol. The Hall–Kier alpha value is -1.75. The van der Waals surface area contributed by atoms with Gasteiger partial charge in [-0.25, -0.2) is 14.1 Å². The lowest BCUT2D eigenvalue weighted by atomic mass is 10.1. The van der Waals surface area contributed by atoms with Crippen molar-refractivity contribution in [2.24, 2.45) is 4.99 Å².